The fourth-order valence-corrected chi connectivity index (χ4v) is 6.22. The summed E-state index contributed by atoms with van der Waals surface area (Å²) in [5.41, 5.74) is 7.86. The average molecular weight is 615 g/mol. The van der Waals surface area contributed by atoms with E-state index in [1.54, 1.807) is 38.7 Å². The molecule has 0 spiro atoms. The van der Waals surface area contributed by atoms with Crippen LogP contribution in [-0.2, 0) is 0 Å². The summed E-state index contributed by atoms with van der Waals surface area (Å²) in [7, 11) is 3.12. The van der Waals surface area contributed by atoms with Crippen LogP contribution in [0.1, 0.15) is 41.1 Å². The number of primary amides is 1. The summed E-state index contributed by atoms with van der Waals surface area (Å²) >= 11 is 7.93. The van der Waals surface area contributed by atoms with Gasteiger partial charge in [0.15, 0.2) is 11.5 Å². The third-order valence-electron chi connectivity index (χ3n) is 7.29. The largest absolute Gasteiger partial charge is 0.493 e. The predicted octanol–water partition coefficient (Wildman–Crippen LogP) is 5.77. The number of carboxylic acid groups (broad SMARTS) is 1. The number of likely N-dealkylation sites (tertiary alicyclic amines) is 1. The molecule has 0 radical (unpaired) electrons. The third kappa shape index (κ3) is 5.90. The summed E-state index contributed by atoms with van der Waals surface area (Å²) in [5, 5.41) is 10.2. The summed E-state index contributed by atoms with van der Waals surface area (Å²) < 4.78 is 25.0. The van der Waals surface area contributed by atoms with E-state index in [2.05, 4.69) is 4.98 Å². The second-order valence-corrected chi connectivity index (χ2v) is 11.3. The molecular weight excluding hydrogens is 584 g/mol. The van der Waals surface area contributed by atoms with Crippen molar-refractivity contribution in [2.75, 3.05) is 33.9 Å². The summed E-state index contributed by atoms with van der Waals surface area (Å²) in [6.07, 6.45) is 1.68. The molecule has 2 aromatic carbocycles. The number of aromatic nitrogens is 2. The van der Waals surface area contributed by atoms with Crippen molar-refractivity contribution >= 4 is 46.0 Å². The van der Waals surface area contributed by atoms with Gasteiger partial charge in [0.1, 0.15) is 33.8 Å². The first-order valence-electron chi connectivity index (χ1n) is 13.3. The Hall–Kier alpha value is -4.16. The number of hydrogen-bond acceptors (Lipinski definition) is 8. The lowest BCUT2D eigenvalue weighted by Crippen LogP contribution is -2.38. The van der Waals surface area contributed by atoms with Crippen LogP contribution in [0.2, 0.25) is 5.02 Å². The van der Waals surface area contributed by atoms with Crippen LogP contribution in [0, 0.1) is 5.92 Å². The van der Waals surface area contributed by atoms with Crippen LogP contribution in [0.5, 0.6) is 23.0 Å². The highest BCUT2D eigenvalue weighted by Gasteiger charge is 2.25. The Morgan fingerprint density at radius 2 is 1.83 bits per heavy atom. The number of ether oxygens (including phenoxy) is 4. The molecule has 3 heterocycles. The Kier molecular flexibility index (Phi) is 8.64. The van der Waals surface area contributed by atoms with Crippen molar-refractivity contribution < 1.29 is 33.6 Å². The van der Waals surface area contributed by atoms with Gasteiger partial charge in [0.05, 0.1) is 36.9 Å². The number of nitrogens with two attached hydrogens (primary N) is 1. The summed E-state index contributed by atoms with van der Waals surface area (Å²) in [6.45, 7) is 3.24. The van der Waals surface area contributed by atoms with Crippen LogP contribution in [-0.4, -0.2) is 65.5 Å². The second kappa shape index (κ2) is 12.4. The van der Waals surface area contributed by atoms with E-state index in [4.69, 9.17) is 41.4 Å². The second-order valence-electron chi connectivity index (χ2n) is 9.90. The number of thiophene rings is 1. The van der Waals surface area contributed by atoms with E-state index in [9.17, 15) is 9.59 Å². The summed E-state index contributed by atoms with van der Waals surface area (Å²) in [4.78, 5) is 29.7. The van der Waals surface area contributed by atoms with Crippen molar-refractivity contribution in [3.05, 3.63) is 58.2 Å². The van der Waals surface area contributed by atoms with Crippen molar-refractivity contribution in [3.8, 4) is 28.0 Å². The highest BCUT2D eigenvalue weighted by Crippen LogP contribution is 2.40. The number of rotatable bonds is 10. The van der Waals surface area contributed by atoms with Crippen LogP contribution in [0.3, 0.4) is 0 Å². The molecule has 0 bridgehead atoms. The number of amides is 2. The van der Waals surface area contributed by atoms with E-state index in [-0.39, 0.29) is 10.8 Å². The van der Waals surface area contributed by atoms with Crippen LogP contribution < -0.4 is 24.7 Å². The first-order chi connectivity index (χ1) is 20.2. The zero-order valence-corrected chi connectivity index (χ0v) is 24.9. The molecule has 5 rings (SSSR count). The quantitative estimate of drug-likeness (QED) is 0.230. The van der Waals surface area contributed by atoms with E-state index < -0.39 is 18.1 Å². The molecule has 1 saturated heterocycles. The number of methoxy groups -OCH3 is 2. The van der Waals surface area contributed by atoms with Crippen molar-refractivity contribution in [1.82, 2.24) is 14.5 Å². The maximum atomic E-state index is 12.4. The van der Waals surface area contributed by atoms with Gasteiger partial charge in [0.25, 0.3) is 5.91 Å². The molecule has 1 aliphatic heterocycles. The Morgan fingerprint density at radius 1 is 1.12 bits per heavy atom. The number of benzene rings is 2. The SMILES string of the molecule is COc1cc2ncn(-c3cc(O[C@H](C)c4cccc(OCC5CCN(C(=O)O)CC5)c4Cl)c(C(N)=O)s3)c2cc1OC. The van der Waals surface area contributed by atoms with Gasteiger partial charge in [-0.2, -0.15) is 0 Å². The van der Waals surface area contributed by atoms with Gasteiger partial charge >= 0.3 is 6.09 Å². The van der Waals surface area contributed by atoms with Crippen LogP contribution in [0.4, 0.5) is 4.79 Å². The van der Waals surface area contributed by atoms with E-state index in [0.717, 1.165) is 18.4 Å². The minimum atomic E-state index is -0.893. The molecule has 0 unspecified atom stereocenters. The van der Waals surface area contributed by atoms with Crippen molar-refractivity contribution in [3.63, 3.8) is 0 Å². The summed E-state index contributed by atoms with van der Waals surface area (Å²) in [6, 6.07) is 10.8. The molecular formula is C29H31ClN4O7S. The first-order valence-corrected chi connectivity index (χ1v) is 14.5. The Labute approximate surface area is 251 Å². The molecule has 1 fully saturated rings. The van der Waals surface area contributed by atoms with Crippen molar-refractivity contribution in [2.45, 2.75) is 25.9 Å². The highest BCUT2D eigenvalue weighted by atomic mass is 35.5. The number of fused-ring (bicyclic) bond motifs is 1. The molecule has 0 aliphatic carbocycles. The number of carbonyl (C=O) groups excluding carboxylic acids is 1. The van der Waals surface area contributed by atoms with Gasteiger partial charge in [0.2, 0.25) is 0 Å². The molecule has 2 aromatic heterocycles. The number of halogens is 1. The fourth-order valence-electron chi connectivity index (χ4n) is 4.96. The van der Waals surface area contributed by atoms with Gasteiger partial charge in [0, 0.05) is 36.9 Å². The zero-order chi connectivity index (χ0) is 30.0. The lowest BCUT2D eigenvalue weighted by atomic mass is 9.98. The molecule has 1 aliphatic rings. The standard InChI is InChI=1S/C29H31ClN4O7S/c1-16(18-5-4-6-21(26(18)30)40-14-17-7-9-33(10-8-17)29(36)37)41-24-13-25(42-27(24)28(31)35)34-15-32-19-11-22(38-2)23(39-3)12-20(19)34/h4-6,11-13,15-17H,7-10,14H2,1-3H3,(H2,31,35)(H,36,37)/t16-/m1/s1. The molecule has 3 N–H and O–H groups in total. The van der Waals surface area contributed by atoms with Crippen molar-refractivity contribution in [2.24, 2.45) is 11.7 Å². The molecule has 4 aromatic rings. The summed E-state index contributed by atoms with van der Waals surface area (Å²) in [5.74, 6) is 1.56. The maximum Gasteiger partial charge on any atom is 0.407 e. The third-order valence-corrected chi connectivity index (χ3v) is 8.83. The fraction of sp³-hybridized carbons (Fsp3) is 0.345. The van der Waals surface area contributed by atoms with Gasteiger partial charge < -0.3 is 34.7 Å². The normalized spacial score (nSPS) is 14.5. The van der Waals surface area contributed by atoms with Crippen molar-refractivity contribution in [1.29, 1.82) is 0 Å². The number of nitrogens with zero attached hydrogens (tertiary/aromatic N) is 3. The number of piperidine rings is 1. The van der Waals surface area contributed by atoms with E-state index in [1.165, 1.54) is 16.2 Å². The molecule has 0 saturated carbocycles. The average Bonchev–Trinajstić information content (AvgIpc) is 3.59. The Morgan fingerprint density at radius 3 is 2.50 bits per heavy atom. The van der Waals surface area contributed by atoms with Gasteiger partial charge in [-0.3, -0.25) is 9.36 Å². The molecule has 222 valence electrons. The van der Waals surface area contributed by atoms with Gasteiger partial charge in [-0.05, 0) is 31.7 Å². The van der Waals surface area contributed by atoms with Gasteiger partial charge in [-0.1, -0.05) is 23.7 Å². The maximum absolute atomic E-state index is 12.4. The van der Waals surface area contributed by atoms with E-state index >= 15 is 0 Å². The predicted molar refractivity (Wildman–Crippen MR) is 159 cm³/mol. The highest BCUT2D eigenvalue weighted by molar-refractivity contribution is 7.16. The van der Waals surface area contributed by atoms with Crippen LogP contribution in [0.15, 0.2) is 42.7 Å². The Bertz CT molecular complexity index is 1610. The number of carbonyl (C=O) groups is 2. The van der Waals surface area contributed by atoms with Gasteiger partial charge in [-0.25, -0.2) is 9.78 Å². The first kappa shape index (κ1) is 29.3. The topological polar surface area (TPSA) is 138 Å². The minimum Gasteiger partial charge on any atom is -0.493 e. The number of imidazole rings is 1. The minimum absolute atomic E-state index is 0.233. The van der Waals surface area contributed by atoms with E-state index in [0.29, 0.717) is 63.8 Å². The molecule has 1 atom stereocenters. The molecule has 11 nitrogen and oxygen atoms in total. The Balaban J connectivity index is 1.35. The lowest BCUT2D eigenvalue weighted by Gasteiger charge is -2.30. The molecule has 2 amide bonds. The molecule has 13 heteroatoms. The van der Waals surface area contributed by atoms with Gasteiger partial charge in [-0.15, -0.1) is 11.3 Å². The van der Waals surface area contributed by atoms with E-state index in [1.807, 2.05) is 29.7 Å². The monoisotopic (exact) mass is 614 g/mol. The smallest absolute Gasteiger partial charge is 0.407 e. The zero-order valence-electron chi connectivity index (χ0n) is 23.3. The lowest BCUT2D eigenvalue weighted by molar-refractivity contribution is 0.0998. The van der Waals surface area contributed by atoms with Crippen LogP contribution >= 0.6 is 22.9 Å². The number of hydrogen-bond donors (Lipinski definition) is 2. The van der Waals surface area contributed by atoms with Crippen LogP contribution in [0.25, 0.3) is 16.0 Å². The molecule has 42 heavy (non-hydrogen) atoms.